The molecular formula is C21H26N4O3S. The van der Waals surface area contributed by atoms with Crippen LogP contribution in [0.15, 0.2) is 11.4 Å². The first-order valence-corrected chi connectivity index (χ1v) is 11.0. The number of nitrogens with zero attached hydrogens (tertiary/aromatic N) is 3. The van der Waals surface area contributed by atoms with E-state index in [0.717, 1.165) is 48.3 Å². The van der Waals surface area contributed by atoms with Gasteiger partial charge in [0.1, 0.15) is 0 Å². The van der Waals surface area contributed by atoms with Crippen molar-refractivity contribution in [2.45, 2.75) is 46.0 Å². The largest absolute Gasteiger partial charge is 0.351 e. The maximum atomic E-state index is 12.5. The molecule has 0 radical (unpaired) electrons. The Morgan fingerprint density at radius 2 is 1.86 bits per heavy atom. The minimum atomic E-state index is -0.234. The Kier molecular flexibility index (Phi) is 5.29. The van der Waals surface area contributed by atoms with E-state index in [1.54, 1.807) is 0 Å². The summed E-state index contributed by atoms with van der Waals surface area (Å²) in [5, 5.41) is 5.25. The number of hydrogen-bond donors (Lipinski definition) is 1. The normalized spacial score (nSPS) is 21.6. The molecule has 2 atom stereocenters. The average molecular weight is 415 g/mol. The Morgan fingerprint density at radius 3 is 2.45 bits per heavy atom. The van der Waals surface area contributed by atoms with Crippen LogP contribution < -0.4 is 5.32 Å². The number of hydrogen-bond acceptors (Lipinski definition) is 5. The number of aryl methyl sites for hydroxylation is 1. The number of carbonyl (C=O) groups excluding carboxylic acids is 3. The van der Waals surface area contributed by atoms with Crippen LogP contribution in [0.4, 0.5) is 5.13 Å². The molecule has 2 unspecified atom stereocenters. The Hall–Kier alpha value is -2.48. The highest BCUT2D eigenvalue weighted by atomic mass is 32.1. The number of rotatable bonds is 5. The first kappa shape index (κ1) is 19.8. The lowest BCUT2D eigenvalue weighted by atomic mass is 9.81. The van der Waals surface area contributed by atoms with E-state index in [-0.39, 0.29) is 42.5 Å². The van der Waals surface area contributed by atoms with Crippen molar-refractivity contribution < 1.29 is 14.4 Å². The maximum Gasteiger partial charge on any atom is 0.233 e. The fourth-order valence-electron chi connectivity index (χ4n) is 4.42. The Bertz CT molecular complexity index is 953. The minimum absolute atomic E-state index is 0.0926. The smallest absolute Gasteiger partial charge is 0.233 e. The van der Waals surface area contributed by atoms with Crippen molar-refractivity contribution in [3.63, 3.8) is 0 Å². The number of aromatic nitrogens is 2. The van der Waals surface area contributed by atoms with Crippen molar-refractivity contribution in [2.24, 2.45) is 18.9 Å². The van der Waals surface area contributed by atoms with E-state index in [4.69, 9.17) is 0 Å². The van der Waals surface area contributed by atoms with E-state index >= 15 is 0 Å². The van der Waals surface area contributed by atoms with Gasteiger partial charge in [0.2, 0.25) is 17.7 Å². The van der Waals surface area contributed by atoms with Crippen LogP contribution in [0.3, 0.4) is 0 Å². The van der Waals surface area contributed by atoms with E-state index in [0.29, 0.717) is 5.13 Å². The second-order valence-electron chi connectivity index (χ2n) is 8.01. The second-order valence-corrected chi connectivity index (χ2v) is 8.86. The highest BCUT2D eigenvalue weighted by Crippen LogP contribution is 2.38. The third kappa shape index (κ3) is 3.61. The van der Waals surface area contributed by atoms with Crippen molar-refractivity contribution in [3.05, 3.63) is 22.8 Å². The van der Waals surface area contributed by atoms with Gasteiger partial charge in [-0.25, -0.2) is 4.98 Å². The molecule has 1 aliphatic carbocycles. The summed E-state index contributed by atoms with van der Waals surface area (Å²) in [4.78, 5) is 43.2. The molecule has 0 aromatic carbocycles. The molecule has 0 spiro atoms. The average Bonchev–Trinajstić information content (AvgIpc) is 3.34. The van der Waals surface area contributed by atoms with Crippen molar-refractivity contribution in [2.75, 3.05) is 11.9 Å². The molecular weight excluding hydrogens is 388 g/mol. The quantitative estimate of drug-likeness (QED) is 0.761. The van der Waals surface area contributed by atoms with Gasteiger partial charge in [-0.05, 0) is 32.8 Å². The zero-order valence-corrected chi connectivity index (χ0v) is 17.8. The molecule has 2 aliphatic rings. The van der Waals surface area contributed by atoms with E-state index in [9.17, 15) is 14.4 Å². The molecule has 2 aromatic heterocycles. The van der Waals surface area contributed by atoms with Crippen molar-refractivity contribution >= 4 is 34.2 Å². The third-order valence-electron chi connectivity index (χ3n) is 6.30. The summed E-state index contributed by atoms with van der Waals surface area (Å²) >= 11 is 1.37. The van der Waals surface area contributed by atoms with Crippen LogP contribution in [0.1, 0.15) is 43.5 Å². The highest BCUT2D eigenvalue weighted by Gasteiger charge is 2.47. The summed E-state index contributed by atoms with van der Waals surface area (Å²) in [6.45, 7) is 4.23. The zero-order valence-electron chi connectivity index (χ0n) is 17.0. The van der Waals surface area contributed by atoms with Crippen LogP contribution in [0.2, 0.25) is 0 Å². The van der Waals surface area contributed by atoms with Gasteiger partial charge in [-0.15, -0.1) is 11.3 Å². The molecule has 3 heterocycles. The molecule has 2 aromatic rings. The summed E-state index contributed by atoms with van der Waals surface area (Å²) in [6, 6.07) is 2.08. The number of nitrogens with one attached hydrogen (secondary N) is 1. The molecule has 7 nitrogen and oxygen atoms in total. The van der Waals surface area contributed by atoms with Crippen LogP contribution in [0.5, 0.6) is 0 Å². The van der Waals surface area contributed by atoms with E-state index < -0.39 is 0 Å². The summed E-state index contributed by atoms with van der Waals surface area (Å²) in [5.74, 6) is -0.767. The number of thiazole rings is 1. The van der Waals surface area contributed by atoms with Gasteiger partial charge in [-0.2, -0.15) is 0 Å². The molecule has 3 amide bonds. The Balaban J connectivity index is 1.36. The monoisotopic (exact) mass is 414 g/mol. The lowest BCUT2D eigenvalue weighted by Gasteiger charge is -2.19. The number of likely N-dealkylation sites (tertiary alicyclic amines) is 1. The molecule has 8 heteroatoms. The summed E-state index contributed by atoms with van der Waals surface area (Å²) in [7, 11) is 2.01. The second kappa shape index (κ2) is 7.74. The SMILES string of the molecule is Cc1cc(-c2csc(NC(=O)CCN3C(=O)C4CCCCC4C3=O)n2)c(C)n1C. The molecule has 0 bridgehead atoms. The van der Waals surface area contributed by atoms with Gasteiger partial charge in [0, 0.05) is 42.3 Å². The predicted octanol–water partition coefficient (Wildman–Crippen LogP) is 3.27. The highest BCUT2D eigenvalue weighted by molar-refractivity contribution is 7.14. The molecule has 29 heavy (non-hydrogen) atoms. The van der Waals surface area contributed by atoms with Gasteiger partial charge < -0.3 is 9.88 Å². The van der Waals surface area contributed by atoms with Crippen molar-refractivity contribution in [1.82, 2.24) is 14.5 Å². The fourth-order valence-corrected chi connectivity index (χ4v) is 5.14. The summed E-state index contributed by atoms with van der Waals surface area (Å²) in [5.41, 5.74) is 4.16. The first-order chi connectivity index (χ1) is 13.9. The Morgan fingerprint density at radius 1 is 1.21 bits per heavy atom. The van der Waals surface area contributed by atoms with E-state index in [1.165, 1.54) is 16.2 Å². The number of amides is 3. The molecule has 1 saturated carbocycles. The zero-order chi connectivity index (χ0) is 20.7. The number of carbonyl (C=O) groups is 3. The van der Waals surface area contributed by atoms with E-state index in [2.05, 4.69) is 20.9 Å². The number of imide groups is 1. The summed E-state index contributed by atoms with van der Waals surface area (Å²) in [6.07, 6.45) is 3.67. The molecule has 4 rings (SSSR count). The lowest BCUT2D eigenvalue weighted by Crippen LogP contribution is -2.34. The van der Waals surface area contributed by atoms with Crippen LogP contribution in [-0.2, 0) is 21.4 Å². The molecule has 1 aliphatic heterocycles. The topological polar surface area (TPSA) is 84.3 Å². The van der Waals surface area contributed by atoms with Crippen LogP contribution in [0.25, 0.3) is 11.3 Å². The van der Waals surface area contributed by atoms with Crippen molar-refractivity contribution in [3.8, 4) is 11.3 Å². The summed E-state index contributed by atoms with van der Waals surface area (Å²) < 4.78 is 2.11. The van der Waals surface area contributed by atoms with Gasteiger partial charge in [-0.3, -0.25) is 19.3 Å². The van der Waals surface area contributed by atoms with Gasteiger partial charge in [0.25, 0.3) is 0 Å². The van der Waals surface area contributed by atoms with E-state index in [1.807, 2.05) is 26.3 Å². The van der Waals surface area contributed by atoms with Crippen LogP contribution >= 0.6 is 11.3 Å². The van der Waals surface area contributed by atoms with Gasteiger partial charge in [-0.1, -0.05) is 12.8 Å². The van der Waals surface area contributed by atoms with Gasteiger partial charge in [0.05, 0.1) is 17.5 Å². The maximum absolute atomic E-state index is 12.5. The van der Waals surface area contributed by atoms with Gasteiger partial charge >= 0.3 is 0 Å². The minimum Gasteiger partial charge on any atom is -0.351 e. The molecule has 1 saturated heterocycles. The molecule has 1 N–H and O–H groups in total. The molecule has 2 fully saturated rings. The lowest BCUT2D eigenvalue weighted by molar-refractivity contribution is -0.140. The predicted molar refractivity (Wildman–Crippen MR) is 111 cm³/mol. The van der Waals surface area contributed by atoms with Gasteiger partial charge in [0.15, 0.2) is 5.13 Å². The Labute approximate surface area is 174 Å². The standard InChI is InChI=1S/C21H26N4O3S/c1-12-10-16(13(2)24(12)3)17-11-29-21(22-17)23-18(26)8-9-25-19(27)14-6-4-5-7-15(14)20(25)28/h10-11,14-15H,4-9H2,1-3H3,(H,22,23,26). The molecule has 154 valence electrons. The van der Waals surface area contributed by atoms with Crippen LogP contribution in [0, 0.1) is 25.7 Å². The first-order valence-electron chi connectivity index (χ1n) is 10.1. The number of fused-ring (bicyclic) bond motifs is 1. The van der Waals surface area contributed by atoms with Crippen LogP contribution in [-0.4, -0.2) is 38.7 Å². The fraction of sp³-hybridized carbons (Fsp3) is 0.524. The third-order valence-corrected chi connectivity index (χ3v) is 7.05. The van der Waals surface area contributed by atoms with Crippen molar-refractivity contribution in [1.29, 1.82) is 0 Å². The number of anilines is 1.